The molecule has 2 aliphatic carbocycles. The first-order valence-electron chi connectivity index (χ1n) is 5.84. The molecule has 0 aliphatic heterocycles. The summed E-state index contributed by atoms with van der Waals surface area (Å²) in [6, 6.07) is 12.5. The SMILES string of the molecule is CC(=O)/C=C/c1c2cccccc-2c2sccc12. The van der Waals surface area contributed by atoms with Gasteiger partial charge >= 0.3 is 0 Å². The van der Waals surface area contributed by atoms with Crippen molar-refractivity contribution in [3.63, 3.8) is 0 Å². The Hall–Kier alpha value is -1.93. The largest absolute Gasteiger partial charge is 0.295 e. The van der Waals surface area contributed by atoms with E-state index < -0.39 is 0 Å². The Morgan fingerprint density at radius 3 is 2.67 bits per heavy atom. The molecule has 0 spiro atoms. The average molecular weight is 252 g/mol. The number of carbonyl (C=O) groups is 1. The molecule has 0 saturated carbocycles. The highest BCUT2D eigenvalue weighted by Gasteiger charge is 2.15. The molecule has 1 aromatic heterocycles. The maximum Gasteiger partial charge on any atom is 0.152 e. The number of thiophene rings is 1. The summed E-state index contributed by atoms with van der Waals surface area (Å²) >= 11 is 1.75. The maximum absolute atomic E-state index is 11.1. The molecule has 0 fully saturated rings. The summed E-state index contributed by atoms with van der Waals surface area (Å²) in [5.74, 6) is 0.0769. The number of hydrogen-bond acceptors (Lipinski definition) is 2. The van der Waals surface area contributed by atoms with E-state index >= 15 is 0 Å². The van der Waals surface area contributed by atoms with Crippen LogP contribution < -0.4 is 0 Å². The molecular weight excluding hydrogens is 240 g/mol. The highest BCUT2D eigenvalue weighted by Crippen LogP contribution is 2.41. The van der Waals surface area contributed by atoms with E-state index in [0.29, 0.717) is 0 Å². The van der Waals surface area contributed by atoms with Crippen LogP contribution in [0.1, 0.15) is 12.5 Å². The smallest absolute Gasteiger partial charge is 0.152 e. The lowest BCUT2D eigenvalue weighted by Crippen LogP contribution is -1.80. The lowest BCUT2D eigenvalue weighted by Gasteiger charge is -1.95. The van der Waals surface area contributed by atoms with Gasteiger partial charge in [0.2, 0.25) is 0 Å². The summed E-state index contributed by atoms with van der Waals surface area (Å²) in [6.45, 7) is 1.58. The van der Waals surface area contributed by atoms with Crippen LogP contribution >= 0.6 is 11.3 Å². The number of fused-ring (bicyclic) bond motifs is 3. The zero-order valence-corrected chi connectivity index (χ0v) is 10.8. The van der Waals surface area contributed by atoms with Gasteiger partial charge in [-0.15, -0.1) is 11.3 Å². The molecule has 0 atom stereocenters. The molecule has 88 valence electrons. The second kappa shape index (κ2) is 4.39. The fourth-order valence-corrected chi connectivity index (χ4v) is 3.19. The van der Waals surface area contributed by atoms with Crippen LogP contribution in [0, 0.1) is 0 Å². The predicted molar refractivity (Wildman–Crippen MR) is 78.2 cm³/mol. The predicted octanol–water partition coefficient (Wildman–Crippen LogP) is 4.61. The number of ketones is 1. The number of allylic oxidation sites excluding steroid dienone is 1. The Morgan fingerprint density at radius 2 is 1.89 bits per heavy atom. The minimum absolute atomic E-state index is 0.0769. The first kappa shape index (κ1) is 11.2. The van der Waals surface area contributed by atoms with E-state index in [1.54, 1.807) is 24.3 Å². The van der Waals surface area contributed by atoms with Gasteiger partial charge in [-0.1, -0.05) is 36.4 Å². The van der Waals surface area contributed by atoms with E-state index in [4.69, 9.17) is 0 Å². The van der Waals surface area contributed by atoms with Gasteiger partial charge in [0.25, 0.3) is 0 Å². The van der Waals surface area contributed by atoms with Crippen LogP contribution in [0.5, 0.6) is 0 Å². The summed E-state index contributed by atoms with van der Waals surface area (Å²) < 4.78 is 1.30. The van der Waals surface area contributed by atoms with Gasteiger partial charge in [0, 0.05) is 15.6 Å². The third-order valence-electron chi connectivity index (χ3n) is 3.01. The summed E-state index contributed by atoms with van der Waals surface area (Å²) in [5, 5.41) is 3.33. The van der Waals surface area contributed by atoms with Crippen molar-refractivity contribution in [2.24, 2.45) is 0 Å². The molecule has 1 nitrogen and oxygen atoms in total. The summed E-state index contributed by atoms with van der Waals surface area (Å²) in [5.41, 5.74) is 3.61. The Kier molecular flexibility index (Phi) is 2.73. The highest BCUT2D eigenvalue weighted by molar-refractivity contribution is 7.18. The molecule has 2 aliphatic rings. The summed E-state index contributed by atoms with van der Waals surface area (Å²) in [7, 11) is 0. The molecule has 1 heterocycles. The Labute approximate surface area is 110 Å². The maximum atomic E-state index is 11.1. The molecule has 18 heavy (non-hydrogen) atoms. The number of rotatable bonds is 2. The second-order valence-electron chi connectivity index (χ2n) is 4.26. The van der Waals surface area contributed by atoms with Crippen LogP contribution in [0.3, 0.4) is 0 Å². The third kappa shape index (κ3) is 1.75. The number of carbonyl (C=O) groups excluding carboxylic acids is 1. The van der Waals surface area contributed by atoms with Crippen molar-refractivity contribution in [1.29, 1.82) is 0 Å². The fraction of sp³-hybridized carbons (Fsp3) is 0.0625. The average Bonchev–Trinajstić information content (AvgIpc) is 2.81. The Morgan fingerprint density at radius 1 is 1.11 bits per heavy atom. The molecule has 0 bridgehead atoms. The summed E-state index contributed by atoms with van der Waals surface area (Å²) in [6.07, 6.45) is 3.57. The molecule has 0 unspecified atom stereocenters. The molecule has 0 amide bonds. The Balaban J connectivity index is 2.34. The van der Waals surface area contributed by atoms with Gasteiger partial charge in [-0.25, -0.2) is 0 Å². The normalized spacial score (nSPS) is 11.6. The van der Waals surface area contributed by atoms with Crippen LogP contribution in [0.4, 0.5) is 0 Å². The molecule has 2 heteroatoms. The van der Waals surface area contributed by atoms with Crippen LogP contribution in [0.15, 0.2) is 47.9 Å². The van der Waals surface area contributed by atoms with Gasteiger partial charge in [0.1, 0.15) is 0 Å². The fourth-order valence-electron chi connectivity index (χ4n) is 2.24. The van der Waals surface area contributed by atoms with Crippen molar-refractivity contribution in [3.8, 4) is 11.1 Å². The van der Waals surface area contributed by atoms with E-state index in [1.807, 2.05) is 18.2 Å². The van der Waals surface area contributed by atoms with E-state index in [2.05, 4.69) is 29.6 Å². The van der Waals surface area contributed by atoms with Crippen LogP contribution in [0.2, 0.25) is 0 Å². The molecule has 3 rings (SSSR count). The molecule has 0 saturated heterocycles. The molecular formula is C16H12OS. The van der Waals surface area contributed by atoms with Gasteiger partial charge in [-0.3, -0.25) is 4.79 Å². The van der Waals surface area contributed by atoms with Gasteiger partial charge in [0.15, 0.2) is 5.78 Å². The second-order valence-corrected chi connectivity index (χ2v) is 5.18. The quantitative estimate of drug-likeness (QED) is 0.609. The first-order chi connectivity index (χ1) is 8.77. The zero-order chi connectivity index (χ0) is 12.5. The van der Waals surface area contributed by atoms with Crippen LogP contribution in [0.25, 0.3) is 27.3 Å². The van der Waals surface area contributed by atoms with E-state index in [-0.39, 0.29) is 5.78 Å². The molecule has 0 N–H and O–H groups in total. The zero-order valence-electron chi connectivity index (χ0n) is 10.0. The summed E-state index contributed by atoms with van der Waals surface area (Å²) in [4.78, 5) is 11.1. The molecule has 0 aromatic carbocycles. The lowest BCUT2D eigenvalue weighted by molar-refractivity contribution is -0.112. The lowest BCUT2D eigenvalue weighted by atomic mass is 10.1. The topological polar surface area (TPSA) is 17.1 Å². The van der Waals surface area contributed by atoms with E-state index in [0.717, 1.165) is 5.56 Å². The van der Waals surface area contributed by atoms with Gasteiger partial charge in [-0.2, -0.15) is 0 Å². The monoisotopic (exact) mass is 252 g/mol. The van der Waals surface area contributed by atoms with E-state index in [9.17, 15) is 4.79 Å². The van der Waals surface area contributed by atoms with Gasteiger partial charge < -0.3 is 0 Å². The minimum Gasteiger partial charge on any atom is -0.295 e. The van der Waals surface area contributed by atoms with Crippen molar-refractivity contribution < 1.29 is 4.79 Å². The van der Waals surface area contributed by atoms with Crippen molar-refractivity contribution in [1.82, 2.24) is 0 Å². The molecule has 1 aromatic rings. The van der Waals surface area contributed by atoms with Gasteiger partial charge in [0.05, 0.1) is 0 Å². The first-order valence-corrected chi connectivity index (χ1v) is 6.72. The van der Waals surface area contributed by atoms with Crippen molar-refractivity contribution >= 4 is 33.3 Å². The van der Waals surface area contributed by atoms with Crippen molar-refractivity contribution in [2.45, 2.75) is 6.92 Å². The molecule has 0 radical (unpaired) electrons. The third-order valence-corrected chi connectivity index (χ3v) is 3.96. The number of hydrogen-bond donors (Lipinski definition) is 0. The van der Waals surface area contributed by atoms with Crippen molar-refractivity contribution in [3.05, 3.63) is 53.4 Å². The van der Waals surface area contributed by atoms with Gasteiger partial charge in [-0.05, 0) is 35.6 Å². The van der Waals surface area contributed by atoms with E-state index in [1.165, 1.54) is 21.2 Å². The Bertz CT molecular complexity index is 721. The minimum atomic E-state index is 0.0769. The highest BCUT2D eigenvalue weighted by atomic mass is 32.1. The standard InChI is InChI=1S/C16H12OS/c1-11(17)7-8-13-12-5-3-2-4-6-14(12)16-15(13)9-10-18-16/h2-10H,1H3/b8-7+. The van der Waals surface area contributed by atoms with Crippen LogP contribution in [-0.2, 0) is 4.79 Å². The van der Waals surface area contributed by atoms with Crippen LogP contribution in [-0.4, -0.2) is 5.78 Å². The van der Waals surface area contributed by atoms with Crippen molar-refractivity contribution in [2.75, 3.05) is 0 Å².